The van der Waals surface area contributed by atoms with Crippen molar-refractivity contribution in [3.8, 4) is 0 Å². The fourth-order valence-electron chi connectivity index (χ4n) is 3.84. The van der Waals surface area contributed by atoms with Crippen molar-refractivity contribution in [1.29, 1.82) is 0 Å². The summed E-state index contributed by atoms with van der Waals surface area (Å²) in [7, 11) is -3.82. The van der Waals surface area contributed by atoms with Gasteiger partial charge in [0.25, 0.3) is 15.9 Å². The number of sulfonamides is 1. The maximum absolute atomic E-state index is 13.0. The van der Waals surface area contributed by atoms with Gasteiger partial charge in [-0.15, -0.1) is 0 Å². The quantitative estimate of drug-likeness (QED) is 0.615. The molecule has 0 saturated carbocycles. The third-order valence-electron chi connectivity index (χ3n) is 5.27. The van der Waals surface area contributed by atoms with Crippen LogP contribution in [0, 0.1) is 0 Å². The van der Waals surface area contributed by atoms with Crippen LogP contribution in [-0.2, 0) is 21.2 Å². The third-order valence-corrected chi connectivity index (χ3v) is 6.65. The lowest BCUT2D eigenvalue weighted by atomic mass is 10.1. The van der Waals surface area contributed by atoms with Gasteiger partial charge in [0.1, 0.15) is 0 Å². The maximum Gasteiger partial charge on any atom is 0.261 e. The average Bonchev–Trinajstić information content (AvgIpc) is 3.09. The number of rotatable bonds is 5. The van der Waals surface area contributed by atoms with E-state index in [4.69, 9.17) is 0 Å². The highest BCUT2D eigenvalue weighted by molar-refractivity contribution is 7.92. The second-order valence-corrected chi connectivity index (χ2v) is 9.43. The van der Waals surface area contributed by atoms with Crippen molar-refractivity contribution in [2.24, 2.45) is 0 Å². The second kappa shape index (κ2) is 8.47. The van der Waals surface area contributed by atoms with Gasteiger partial charge < -0.3 is 10.2 Å². The summed E-state index contributed by atoms with van der Waals surface area (Å²) in [6.45, 7) is 3.35. The summed E-state index contributed by atoms with van der Waals surface area (Å²) in [5, 5.41) is 2.64. The topological polar surface area (TPSA) is 95.6 Å². The molecule has 4 rings (SSSR count). The minimum Gasteiger partial charge on any atom is -0.326 e. The van der Waals surface area contributed by atoms with E-state index in [1.54, 1.807) is 53.4 Å². The predicted molar refractivity (Wildman–Crippen MR) is 124 cm³/mol. The van der Waals surface area contributed by atoms with Crippen molar-refractivity contribution in [3.05, 3.63) is 83.9 Å². The van der Waals surface area contributed by atoms with Crippen LogP contribution >= 0.6 is 0 Å². The van der Waals surface area contributed by atoms with Gasteiger partial charge in [-0.05, 0) is 73.5 Å². The fraction of sp³-hybridized carbons (Fsp3) is 0.167. The van der Waals surface area contributed by atoms with E-state index in [0.29, 0.717) is 23.4 Å². The Morgan fingerprint density at radius 2 is 1.59 bits per heavy atom. The number of fused-ring (bicyclic) bond motifs is 1. The van der Waals surface area contributed by atoms with Crippen LogP contribution in [0.5, 0.6) is 0 Å². The largest absolute Gasteiger partial charge is 0.326 e. The van der Waals surface area contributed by atoms with Crippen LogP contribution in [0.3, 0.4) is 0 Å². The van der Waals surface area contributed by atoms with Gasteiger partial charge in [0.05, 0.1) is 4.90 Å². The van der Waals surface area contributed by atoms with Gasteiger partial charge >= 0.3 is 0 Å². The third kappa shape index (κ3) is 4.36. The number of hydrogen-bond acceptors (Lipinski definition) is 4. The zero-order chi connectivity index (χ0) is 22.9. The Hall–Kier alpha value is -3.65. The minimum absolute atomic E-state index is 0.0788. The smallest absolute Gasteiger partial charge is 0.261 e. The molecule has 1 atom stereocenters. The lowest BCUT2D eigenvalue weighted by Crippen LogP contribution is -2.35. The van der Waals surface area contributed by atoms with E-state index in [1.807, 2.05) is 25.1 Å². The van der Waals surface area contributed by atoms with Crippen LogP contribution in [0.2, 0.25) is 0 Å². The number of amides is 2. The molecule has 1 aliphatic heterocycles. The molecule has 0 unspecified atom stereocenters. The number of hydrogen-bond donors (Lipinski definition) is 2. The van der Waals surface area contributed by atoms with E-state index in [2.05, 4.69) is 10.0 Å². The Morgan fingerprint density at radius 1 is 0.938 bits per heavy atom. The Bertz CT molecular complexity index is 1270. The average molecular weight is 450 g/mol. The van der Waals surface area contributed by atoms with Gasteiger partial charge in [-0.2, -0.15) is 0 Å². The molecule has 1 heterocycles. The SMILES string of the molecule is CC(=O)Nc1ccc(NS(=O)(=O)c2ccc3c(c2)C[C@@H](C)N3C(=O)c2ccccc2)cc1. The molecule has 32 heavy (non-hydrogen) atoms. The van der Waals surface area contributed by atoms with Crippen molar-refractivity contribution >= 4 is 38.9 Å². The fourth-order valence-corrected chi connectivity index (χ4v) is 4.95. The van der Waals surface area contributed by atoms with Crippen LogP contribution in [0.25, 0.3) is 0 Å². The molecular weight excluding hydrogens is 426 g/mol. The van der Waals surface area contributed by atoms with Crippen LogP contribution in [-0.4, -0.2) is 26.3 Å². The first kappa shape index (κ1) is 21.6. The van der Waals surface area contributed by atoms with E-state index in [9.17, 15) is 18.0 Å². The highest BCUT2D eigenvalue weighted by atomic mass is 32.2. The first-order valence-corrected chi connectivity index (χ1v) is 11.6. The molecule has 0 fully saturated rings. The molecule has 0 spiro atoms. The first-order chi connectivity index (χ1) is 15.2. The molecule has 2 N–H and O–H groups in total. The summed E-state index contributed by atoms with van der Waals surface area (Å²) >= 11 is 0. The van der Waals surface area contributed by atoms with E-state index < -0.39 is 10.0 Å². The number of carbonyl (C=O) groups excluding carboxylic acids is 2. The number of nitrogens with one attached hydrogen (secondary N) is 2. The van der Waals surface area contributed by atoms with E-state index in [0.717, 1.165) is 11.3 Å². The zero-order valence-electron chi connectivity index (χ0n) is 17.7. The molecule has 0 radical (unpaired) electrons. The normalized spacial score (nSPS) is 15.2. The lowest BCUT2D eigenvalue weighted by Gasteiger charge is -2.23. The Kier molecular flexibility index (Phi) is 5.71. The van der Waals surface area contributed by atoms with Crippen molar-refractivity contribution in [3.63, 3.8) is 0 Å². The second-order valence-electron chi connectivity index (χ2n) is 7.75. The summed E-state index contributed by atoms with van der Waals surface area (Å²) < 4.78 is 28.4. The monoisotopic (exact) mass is 449 g/mol. The summed E-state index contributed by atoms with van der Waals surface area (Å²) in [5.74, 6) is -0.310. The maximum atomic E-state index is 13.0. The molecular formula is C24H23N3O4S. The highest BCUT2D eigenvalue weighted by Crippen LogP contribution is 2.35. The van der Waals surface area contributed by atoms with Crippen LogP contribution < -0.4 is 14.9 Å². The molecule has 0 bridgehead atoms. The number of nitrogens with zero attached hydrogens (tertiary/aromatic N) is 1. The van der Waals surface area contributed by atoms with E-state index in [1.165, 1.54) is 13.0 Å². The van der Waals surface area contributed by atoms with Gasteiger partial charge in [-0.3, -0.25) is 14.3 Å². The van der Waals surface area contributed by atoms with Gasteiger partial charge in [0, 0.05) is 35.6 Å². The van der Waals surface area contributed by atoms with Gasteiger partial charge in [0.2, 0.25) is 5.91 Å². The van der Waals surface area contributed by atoms with Crippen molar-refractivity contribution in [2.75, 3.05) is 14.9 Å². The molecule has 0 aliphatic carbocycles. The zero-order valence-corrected chi connectivity index (χ0v) is 18.5. The van der Waals surface area contributed by atoms with Crippen molar-refractivity contribution < 1.29 is 18.0 Å². The summed E-state index contributed by atoms with van der Waals surface area (Å²) in [4.78, 5) is 26.0. The van der Waals surface area contributed by atoms with Crippen LogP contribution in [0.4, 0.5) is 17.1 Å². The van der Waals surface area contributed by atoms with Gasteiger partial charge in [0.15, 0.2) is 0 Å². The molecule has 3 aromatic rings. The molecule has 0 aromatic heterocycles. The molecule has 1 aliphatic rings. The number of benzene rings is 3. The summed E-state index contributed by atoms with van der Waals surface area (Å²) in [6, 6.07) is 20.2. The van der Waals surface area contributed by atoms with E-state index in [-0.39, 0.29) is 22.8 Å². The molecule has 7 nitrogen and oxygen atoms in total. The molecule has 0 saturated heterocycles. The van der Waals surface area contributed by atoms with E-state index >= 15 is 0 Å². The molecule has 8 heteroatoms. The van der Waals surface area contributed by atoms with Crippen molar-refractivity contribution in [2.45, 2.75) is 31.2 Å². The molecule has 2 amide bonds. The predicted octanol–water partition coefficient (Wildman–Crippen LogP) is 4.04. The number of anilines is 3. The van der Waals surface area contributed by atoms with Crippen molar-refractivity contribution in [1.82, 2.24) is 0 Å². The Morgan fingerprint density at radius 3 is 2.25 bits per heavy atom. The summed E-state index contributed by atoms with van der Waals surface area (Å²) in [6.07, 6.45) is 0.572. The minimum atomic E-state index is -3.82. The number of carbonyl (C=O) groups is 2. The highest BCUT2D eigenvalue weighted by Gasteiger charge is 2.32. The van der Waals surface area contributed by atoms with Gasteiger partial charge in [-0.1, -0.05) is 18.2 Å². The molecule has 3 aromatic carbocycles. The molecule has 164 valence electrons. The lowest BCUT2D eigenvalue weighted by molar-refractivity contribution is -0.114. The standard InChI is InChI=1S/C24H23N3O4S/c1-16-14-19-15-22(12-13-23(19)27(16)24(29)18-6-4-3-5-7-18)32(30,31)26-21-10-8-20(9-11-21)25-17(2)28/h3-13,15-16,26H,14H2,1-2H3,(H,25,28)/t16-/m1/s1. The Balaban J connectivity index is 1.57. The Labute approximate surface area is 187 Å². The van der Waals surface area contributed by atoms with Gasteiger partial charge in [-0.25, -0.2) is 8.42 Å². The summed E-state index contributed by atoms with van der Waals surface area (Å²) in [5.41, 5.74) is 3.09. The van der Waals surface area contributed by atoms with Crippen LogP contribution in [0.1, 0.15) is 29.8 Å². The van der Waals surface area contributed by atoms with Crippen LogP contribution in [0.15, 0.2) is 77.7 Å². The first-order valence-electron chi connectivity index (χ1n) is 10.2.